The molecule has 14 nitrogen and oxygen atoms in total. The van der Waals surface area contributed by atoms with Gasteiger partial charge in [0.15, 0.2) is 0 Å². The Morgan fingerprint density at radius 2 is 1.52 bits per heavy atom. The van der Waals surface area contributed by atoms with Crippen LogP contribution in [0.3, 0.4) is 0 Å². The first-order valence-electron chi connectivity index (χ1n) is 19.7. The number of amides is 1. The van der Waals surface area contributed by atoms with E-state index in [0.717, 1.165) is 4.57 Å². The second kappa shape index (κ2) is 19.3. The zero-order chi connectivity index (χ0) is 44.8. The molecule has 0 unspecified atom stereocenters. The second-order valence-corrected chi connectivity index (χ2v) is 18.1. The monoisotopic (exact) mass is 871 g/mol. The molecule has 0 bridgehead atoms. The minimum absolute atomic E-state index is 0.132. The molecule has 2 heterocycles. The molecule has 3 aromatic carbocycles. The number of aromatic nitrogens is 2. The zero-order valence-electron chi connectivity index (χ0n) is 35.1. The summed E-state index contributed by atoms with van der Waals surface area (Å²) in [5, 5.41) is 11.7. The molecule has 0 saturated carbocycles. The van der Waals surface area contributed by atoms with Gasteiger partial charge in [0, 0.05) is 0 Å². The van der Waals surface area contributed by atoms with Crippen LogP contribution >= 0.6 is 7.87 Å². The number of H-pyrrole nitrogens is 1. The Hall–Kier alpha value is -5.08. The quantitative estimate of drug-likeness (QED) is 0.0777. The van der Waals surface area contributed by atoms with E-state index >= 15 is 0 Å². The number of hydrogen-bond donors (Lipinski definition) is 3. The fraction of sp³-hybridized carbons (Fsp3) is 0.442. The van der Waals surface area contributed by atoms with Crippen molar-refractivity contribution in [2.75, 3.05) is 33.5 Å². The van der Waals surface area contributed by atoms with Gasteiger partial charge in [-0.05, 0) is 0 Å². The number of benzene rings is 3. The van der Waals surface area contributed by atoms with Crippen LogP contribution in [0, 0.1) is 18.3 Å². The first-order valence-corrected chi connectivity index (χ1v) is 21.7. The number of hydrogen-bond acceptors (Lipinski definition) is 11. The topological polar surface area (TPSA) is 177 Å². The van der Waals surface area contributed by atoms with E-state index in [2.05, 4.69) is 4.98 Å². The average Bonchev–Trinajstić information content (AvgIpc) is 3.57. The molecular weight excluding hydrogens is 818 g/mol. The van der Waals surface area contributed by atoms with Crippen LogP contribution < -0.4 is 26.0 Å². The summed E-state index contributed by atoms with van der Waals surface area (Å²) in [7, 11) is -1.35. The predicted octanol–water partition coefficient (Wildman–Crippen LogP) is 6.11. The molecule has 1 aliphatic heterocycles. The molecule has 1 aromatic heterocycles. The number of aromatic amines is 1. The summed E-state index contributed by atoms with van der Waals surface area (Å²) in [6, 6.07) is 24.7. The number of alkyl halides is 3. The molecule has 61 heavy (non-hydrogen) atoms. The van der Waals surface area contributed by atoms with Crippen LogP contribution in [0.25, 0.3) is 0 Å². The van der Waals surface area contributed by atoms with Crippen molar-refractivity contribution in [1.29, 1.82) is 5.26 Å². The van der Waals surface area contributed by atoms with Crippen molar-refractivity contribution < 1.29 is 46.3 Å². The van der Waals surface area contributed by atoms with E-state index in [1.165, 1.54) is 27.3 Å². The maximum absolute atomic E-state index is 14.0. The Morgan fingerprint density at radius 3 is 2.02 bits per heavy atom. The molecule has 18 heteroatoms. The SMILES string of the molecule is COc1ccc(C(OC[C@H]2O[C@@H](n3cc(C)c(=O)[nH]c3=O)C[C@]2(CNC(=O)C(F)(F)F)O[PH](O)(CCC#N)N(C(C)C)C(C)C)(c2ccccc2)c2ccc(OC)cc2)cc1. The number of nitriles is 1. The fourth-order valence-corrected chi connectivity index (χ4v) is 11.5. The summed E-state index contributed by atoms with van der Waals surface area (Å²) >= 11 is 0. The third-order valence-corrected chi connectivity index (χ3v) is 14.2. The number of ether oxygens (including phenoxy) is 4. The predicted molar refractivity (Wildman–Crippen MR) is 223 cm³/mol. The van der Waals surface area contributed by atoms with Gasteiger partial charge in [-0.2, -0.15) is 0 Å². The van der Waals surface area contributed by atoms with Gasteiger partial charge in [0.25, 0.3) is 0 Å². The molecule has 1 fully saturated rings. The second-order valence-electron chi connectivity index (χ2n) is 15.4. The number of methoxy groups -OCH3 is 2. The van der Waals surface area contributed by atoms with Gasteiger partial charge in [-0.3, -0.25) is 0 Å². The Kier molecular flexibility index (Phi) is 14.9. The van der Waals surface area contributed by atoms with E-state index in [9.17, 15) is 37.7 Å². The Bertz CT molecular complexity index is 2210. The normalized spacial score (nSPS) is 18.6. The molecule has 1 saturated heterocycles. The van der Waals surface area contributed by atoms with E-state index in [4.69, 9.17) is 23.5 Å². The van der Waals surface area contributed by atoms with Crippen molar-refractivity contribution in [3.8, 4) is 17.6 Å². The third kappa shape index (κ3) is 10.2. The summed E-state index contributed by atoms with van der Waals surface area (Å²) in [6.45, 7) is 7.34. The van der Waals surface area contributed by atoms with Crippen LogP contribution in [0.2, 0.25) is 0 Å². The van der Waals surface area contributed by atoms with Gasteiger partial charge in [0.1, 0.15) is 0 Å². The van der Waals surface area contributed by atoms with Gasteiger partial charge in [-0.25, -0.2) is 0 Å². The van der Waals surface area contributed by atoms with Crippen molar-refractivity contribution in [3.05, 3.63) is 128 Å². The molecular formula is C43H53F3N5O9P. The summed E-state index contributed by atoms with van der Waals surface area (Å²) in [4.78, 5) is 53.6. The minimum atomic E-state index is -5.30. The first-order chi connectivity index (χ1) is 28.8. The summed E-state index contributed by atoms with van der Waals surface area (Å²) in [5.41, 5.74) is -3.10. The van der Waals surface area contributed by atoms with Gasteiger partial charge in [0.2, 0.25) is 0 Å². The summed E-state index contributed by atoms with van der Waals surface area (Å²) in [5.74, 6) is -1.17. The number of nitrogens with one attached hydrogen (secondary N) is 2. The van der Waals surface area contributed by atoms with Crippen molar-refractivity contribution in [1.82, 2.24) is 19.5 Å². The van der Waals surface area contributed by atoms with Gasteiger partial charge in [-0.1, -0.05) is 0 Å². The Morgan fingerprint density at radius 1 is 0.984 bits per heavy atom. The van der Waals surface area contributed by atoms with Gasteiger partial charge < -0.3 is 0 Å². The van der Waals surface area contributed by atoms with Crippen molar-refractivity contribution in [2.24, 2.45) is 0 Å². The number of carbonyl (C=O) groups is 1. The van der Waals surface area contributed by atoms with E-state index in [-0.39, 0.29) is 30.2 Å². The average molecular weight is 872 g/mol. The van der Waals surface area contributed by atoms with Crippen molar-refractivity contribution in [3.63, 3.8) is 0 Å². The van der Waals surface area contributed by atoms with Crippen LogP contribution in [0.1, 0.15) is 69.0 Å². The molecule has 1 amide bonds. The maximum atomic E-state index is 14.0. The van der Waals surface area contributed by atoms with Gasteiger partial charge in [0.05, 0.1) is 0 Å². The molecule has 3 atom stereocenters. The van der Waals surface area contributed by atoms with Gasteiger partial charge >= 0.3 is 353 Å². The van der Waals surface area contributed by atoms with Crippen molar-refractivity contribution in [2.45, 2.75) is 89.3 Å². The Balaban J connectivity index is 1.78. The van der Waals surface area contributed by atoms with Crippen LogP contribution in [-0.2, 0) is 24.4 Å². The number of rotatable bonds is 18. The zero-order valence-corrected chi connectivity index (χ0v) is 36.1. The van der Waals surface area contributed by atoms with Gasteiger partial charge in [-0.15, -0.1) is 0 Å². The van der Waals surface area contributed by atoms with E-state index in [0.29, 0.717) is 28.2 Å². The molecule has 0 spiro atoms. The first kappa shape index (κ1) is 47.0. The number of halogens is 3. The van der Waals surface area contributed by atoms with E-state index < -0.39 is 74.3 Å². The van der Waals surface area contributed by atoms with E-state index in [1.54, 1.807) is 80.9 Å². The van der Waals surface area contributed by atoms with Crippen molar-refractivity contribution >= 4 is 13.8 Å². The Labute approximate surface area is 352 Å². The molecule has 330 valence electrons. The van der Waals surface area contributed by atoms with E-state index in [1.807, 2.05) is 41.7 Å². The summed E-state index contributed by atoms with van der Waals surface area (Å²) in [6.07, 6.45) is -7.61. The fourth-order valence-electron chi connectivity index (χ4n) is 8.06. The van der Waals surface area contributed by atoms with Crippen LogP contribution in [0.5, 0.6) is 11.5 Å². The number of aryl methyl sites for hydroxylation is 1. The van der Waals surface area contributed by atoms with Crippen LogP contribution in [-0.4, -0.2) is 88.5 Å². The standard InChI is InChI=1S/C43H53F3N5O9P/c1-28(2)51(29(3)4)61(55,23-11-22-47)60-41(27-48-39(53)43(44,45)46)24-37(50-25-30(5)38(52)49-40(50)54)59-36(41)26-58-42(31-12-9-8-10-13-31,32-14-18-34(56-6)19-15-32)33-16-20-35(57-7)21-17-33/h8-10,12-21,25,28-29,36-37,55,61H,11,23-24,26-27H2,1-7H3,(H,48,53)(H,49,52,54)/t36-,37-,41-/m1/s1. The molecule has 4 aromatic rings. The number of nitrogens with zero attached hydrogens (tertiary/aromatic N) is 3. The van der Waals surface area contributed by atoms with Crippen LogP contribution in [0.15, 0.2) is 94.6 Å². The van der Waals surface area contributed by atoms with Crippen LogP contribution in [0.4, 0.5) is 13.2 Å². The number of carbonyl (C=O) groups excluding carboxylic acids is 1. The molecule has 3 N–H and O–H groups in total. The molecule has 1 aliphatic rings. The molecule has 0 radical (unpaired) electrons. The summed E-state index contributed by atoms with van der Waals surface area (Å²) < 4.78 is 76.2. The molecule has 0 aliphatic carbocycles. The third-order valence-electron chi connectivity index (χ3n) is 10.8. The molecule has 5 rings (SSSR count).